The van der Waals surface area contributed by atoms with E-state index in [2.05, 4.69) is 26.8 Å². The standard InChI is InChI=1S/C18H22O3/c1-17(2)5-4-6-18(3)12-9-15-14(20-10-21-15)8-11(12)7-13(19)16(17)18/h8-9,16H,4-7,10H2,1-3H3/t16-,18-/m1/s1. The smallest absolute Gasteiger partial charge is 0.231 e. The average molecular weight is 286 g/mol. The molecular formula is C18H22O3. The van der Waals surface area contributed by atoms with E-state index in [9.17, 15) is 4.79 Å². The Kier molecular flexibility index (Phi) is 2.52. The van der Waals surface area contributed by atoms with Crippen molar-refractivity contribution in [1.82, 2.24) is 0 Å². The number of ether oxygens (including phenoxy) is 2. The summed E-state index contributed by atoms with van der Waals surface area (Å²) in [5.74, 6) is 2.14. The molecule has 0 radical (unpaired) electrons. The molecule has 1 aromatic rings. The Morgan fingerprint density at radius 1 is 1.10 bits per heavy atom. The molecule has 1 aromatic carbocycles. The molecule has 1 fully saturated rings. The first-order chi connectivity index (χ1) is 9.92. The lowest BCUT2D eigenvalue weighted by Crippen LogP contribution is -2.52. The minimum atomic E-state index is -0.0621. The Balaban J connectivity index is 1.91. The van der Waals surface area contributed by atoms with Crippen molar-refractivity contribution in [2.75, 3.05) is 6.79 Å². The monoisotopic (exact) mass is 286 g/mol. The van der Waals surface area contributed by atoms with Crippen molar-refractivity contribution >= 4 is 5.78 Å². The SMILES string of the molecule is CC1(C)CCC[C@]2(C)c3cc4c(cc3CC(=O)[C@H]12)OCO4. The zero-order valence-electron chi connectivity index (χ0n) is 13.0. The summed E-state index contributed by atoms with van der Waals surface area (Å²) in [6.45, 7) is 7.07. The molecule has 2 atom stereocenters. The lowest BCUT2D eigenvalue weighted by atomic mass is 9.50. The molecule has 0 unspecified atom stereocenters. The van der Waals surface area contributed by atoms with E-state index in [-0.39, 0.29) is 23.5 Å². The summed E-state index contributed by atoms with van der Waals surface area (Å²) in [6.07, 6.45) is 3.94. The van der Waals surface area contributed by atoms with Crippen molar-refractivity contribution in [3.63, 3.8) is 0 Å². The maximum atomic E-state index is 12.8. The van der Waals surface area contributed by atoms with Crippen molar-refractivity contribution in [1.29, 1.82) is 0 Å². The molecule has 0 bridgehead atoms. The first kappa shape index (κ1) is 13.2. The highest BCUT2D eigenvalue weighted by molar-refractivity contribution is 5.89. The molecule has 0 aromatic heterocycles. The first-order valence-corrected chi connectivity index (χ1v) is 7.87. The second kappa shape index (κ2) is 4.02. The number of hydrogen-bond acceptors (Lipinski definition) is 3. The van der Waals surface area contributed by atoms with Crippen LogP contribution in [0, 0.1) is 11.3 Å². The van der Waals surface area contributed by atoms with Gasteiger partial charge in [0.25, 0.3) is 0 Å². The molecule has 0 N–H and O–H groups in total. The zero-order valence-corrected chi connectivity index (χ0v) is 13.0. The normalized spacial score (nSPS) is 32.5. The highest BCUT2D eigenvalue weighted by atomic mass is 16.7. The van der Waals surface area contributed by atoms with Crippen molar-refractivity contribution < 1.29 is 14.3 Å². The molecule has 1 saturated carbocycles. The second-order valence-corrected chi connectivity index (χ2v) is 7.70. The molecule has 0 spiro atoms. The molecule has 3 nitrogen and oxygen atoms in total. The molecule has 3 aliphatic rings. The Labute approximate surface area is 125 Å². The second-order valence-electron chi connectivity index (χ2n) is 7.70. The summed E-state index contributed by atoms with van der Waals surface area (Å²) < 4.78 is 11.0. The molecular weight excluding hydrogens is 264 g/mol. The van der Waals surface area contributed by atoms with E-state index in [4.69, 9.17) is 9.47 Å². The number of rotatable bonds is 0. The fourth-order valence-electron chi connectivity index (χ4n) is 5.10. The van der Waals surface area contributed by atoms with Gasteiger partial charge >= 0.3 is 0 Å². The number of Topliss-reactive ketones (excluding diaryl/α,β-unsaturated/α-hetero) is 1. The van der Waals surface area contributed by atoms with Gasteiger partial charge in [0.2, 0.25) is 6.79 Å². The summed E-state index contributed by atoms with van der Waals surface area (Å²) >= 11 is 0. The van der Waals surface area contributed by atoms with E-state index in [1.165, 1.54) is 12.0 Å². The van der Waals surface area contributed by atoms with Crippen LogP contribution < -0.4 is 9.47 Å². The number of fused-ring (bicyclic) bond motifs is 4. The topological polar surface area (TPSA) is 35.5 Å². The van der Waals surface area contributed by atoms with E-state index in [0.717, 1.165) is 29.9 Å². The first-order valence-electron chi connectivity index (χ1n) is 7.87. The van der Waals surface area contributed by atoms with Crippen LogP contribution in [-0.2, 0) is 16.6 Å². The molecule has 1 heterocycles. The third-order valence-electron chi connectivity index (χ3n) is 5.84. The van der Waals surface area contributed by atoms with Crippen LogP contribution in [0.4, 0.5) is 0 Å². The van der Waals surface area contributed by atoms with Crippen LogP contribution in [0.15, 0.2) is 12.1 Å². The summed E-state index contributed by atoms with van der Waals surface area (Å²) in [6, 6.07) is 4.16. The number of hydrogen-bond donors (Lipinski definition) is 0. The molecule has 3 heteroatoms. The molecule has 0 amide bonds. The van der Waals surface area contributed by atoms with Gasteiger partial charge in [0.05, 0.1) is 0 Å². The van der Waals surface area contributed by atoms with Crippen molar-refractivity contribution in [3.8, 4) is 11.5 Å². The minimum Gasteiger partial charge on any atom is -0.454 e. The van der Waals surface area contributed by atoms with Crippen LogP contribution in [0.3, 0.4) is 0 Å². The highest BCUT2D eigenvalue weighted by Gasteiger charge is 2.54. The summed E-state index contributed by atoms with van der Waals surface area (Å²) in [5.41, 5.74) is 2.47. The summed E-state index contributed by atoms with van der Waals surface area (Å²) in [5, 5.41) is 0. The predicted molar refractivity (Wildman–Crippen MR) is 79.8 cm³/mol. The maximum Gasteiger partial charge on any atom is 0.231 e. The quantitative estimate of drug-likeness (QED) is 0.730. The van der Waals surface area contributed by atoms with Gasteiger partial charge in [-0.05, 0) is 41.5 Å². The van der Waals surface area contributed by atoms with E-state index in [0.29, 0.717) is 12.2 Å². The number of benzene rings is 1. The van der Waals surface area contributed by atoms with Gasteiger partial charge in [-0.2, -0.15) is 0 Å². The lowest BCUT2D eigenvalue weighted by Gasteiger charge is -2.53. The summed E-state index contributed by atoms with van der Waals surface area (Å²) in [4.78, 5) is 12.8. The van der Waals surface area contributed by atoms with Crippen LogP contribution in [0.5, 0.6) is 11.5 Å². The van der Waals surface area contributed by atoms with Crippen LogP contribution in [-0.4, -0.2) is 12.6 Å². The van der Waals surface area contributed by atoms with Crippen molar-refractivity contribution in [2.45, 2.75) is 51.9 Å². The van der Waals surface area contributed by atoms with E-state index in [1.54, 1.807) is 0 Å². The molecule has 4 rings (SSSR count). The van der Waals surface area contributed by atoms with Gasteiger partial charge in [-0.3, -0.25) is 4.79 Å². The number of ketones is 1. The summed E-state index contributed by atoms with van der Waals surface area (Å²) in [7, 11) is 0. The molecule has 1 aliphatic heterocycles. The Morgan fingerprint density at radius 3 is 2.57 bits per heavy atom. The van der Waals surface area contributed by atoms with Crippen molar-refractivity contribution in [3.05, 3.63) is 23.3 Å². The fourth-order valence-corrected chi connectivity index (χ4v) is 5.10. The Hall–Kier alpha value is -1.51. The maximum absolute atomic E-state index is 12.8. The van der Waals surface area contributed by atoms with Gasteiger partial charge in [0, 0.05) is 17.8 Å². The third kappa shape index (κ3) is 1.69. The Morgan fingerprint density at radius 2 is 1.81 bits per heavy atom. The van der Waals surface area contributed by atoms with Crippen LogP contribution in [0.1, 0.15) is 51.2 Å². The average Bonchev–Trinajstić information content (AvgIpc) is 2.82. The van der Waals surface area contributed by atoms with Gasteiger partial charge in [0.1, 0.15) is 5.78 Å². The largest absolute Gasteiger partial charge is 0.454 e. The zero-order chi connectivity index (χ0) is 14.8. The minimum absolute atomic E-state index is 0.0621. The van der Waals surface area contributed by atoms with Gasteiger partial charge < -0.3 is 9.47 Å². The van der Waals surface area contributed by atoms with E-state index in [1.807, 2.05) is 6.07 Å². The van der Waals surface area contributed by atoms with E-state index >= 15 is 0 Å². The highest BCUT2D eigenvalue weighted by Crippen LogP contribution is 2.57. The molecule has 112 valence electrons. The fraction of sp³-hybridized carbons (Fsp3) is 0.611. The predicted octanol–water partition coefficient (Wildman–Crippen LogP) is 3.62. The molecule has 0 saturated heterocycles. The van der Waals surface area contributed by atoms with Gasteiger partial charge in [-0.15, -0.1) is 0 Å². The van der Waals surface area contributed by atoms with Crippen molar-refractivity contribution in [2.24, 2.45) is 11.3 Å². The van der Waals surface area contributed by atoms with Crippen LogP contribution in [0.2, 0.25) is 0 Å². The number of carbonyl (C=O) groups is 1. The van der Waals surface area contributed by atoms with E-state index < -0.39 is 0 Å². The van der Waals surface area contributed by atoms with Gasteiger partial charge in [-0.25, -0.2) is 0 Å². The third-order valence-corrected chi connectivity index (χ3v) is 5.84. The molecule has 21 heavy (non-hydrogen) atoms. The lowest BCUT2D eigenvalue weighted by molar-refractivity contribution is -0.132. The van der Waals surface area contributed by atoms with Gasteiger partial charge in [0.15, 0.2) is 11.5 Å². The molecule has 2 aliphatic carbocycles. The van der Waals surface area contributed by atoms with Gasteiger partial charge in [-0.1, -0.05) is 27.2 Å². The van der Waals surface area contributed by atoms with Crippen LogP contribution >= 0.6 is 0 Å². The Bertz CT molecular complexity index is 632. The van der Waals surface area contributed by atoms with Crippen LogP contribution in [0.25, 0.3) is 0 Å². The number of carbonyl (C=O) groups excluding carboxylic acids is 1.